The second-order valence-corrected chi connectivity index (χ2v) is 4.55. The molecule has 0 bridgehead atoms. The van der Waals surface area contributed by atoms with Gasteiger partial charge in [-0.05, 0) is 28.5 Å². The highest BCUT2D eigenvalue weighted by Gasteiger charge is 2.00. The van der Waals surface area contributed by atoms with Gasteiger partial charge in [0.25, 0.3) is 0 Å². The molecule has 0 fully saturated rings. The Kier molecular flexibility index (Phi) is 3.58. The van der Waals surface area contributed by atoms with Gasteiger partial charge in [-0.2, -0.15) is 4.37 Å². The Morgan fingerprint density at radius 3 is 2.91 bits per heavy atom. The summed E-state index contributed by atoms with van der Waals surface area (Å²) < 4.78 is 10.5. The number of aromatic nitrogens is 1. The van der Waals surface area contributed by atoms with Gasteiger partial charge < -0.3 is 4.74 Å². The maximum Gasteiger partial charge on any atom is 0.194 e. The lowest BCUT2D eigenvalue weighted by Crippen LogP contribution is -2.02. The Morgan fingerprint density at radius 2 is 2.45 bits per heavy atom. The predicted octanol–water partition coefficient (Wildman–Crippen LogP) is 2.78. The molecule has 0 aliphatic heterocycles. The molecule has 0 saturated carbocycles. The molecule has 0 amide bonds. The van der Waals surface area contributed by atoms with E-state index in [4.69, 9.17) is 4.74 Å². The molecule has 0 spiro atoms. The van der Waals surface area contributed by atoms with E-state index in [2.05, 4.69) is 40.8 Å². The minimum Gasteiger partial charge on any atom is -0.483 e. The number of nitrogens with zero attached hydrogens (tertiary/aromatic N) is 1. The fourth-order valence-corrected chi connectivity index (χ4v) is 1.86. The van der Waals surface area contributed by atoms with E-state index >= 15 is 0 Å². The maximum absolute atomic E-state index is 5.44. The van der Waals surface area contributed by atoms with Crippen LogP contribution in [0.25, 0.3) is 0 Å². The minimum atomic E-state index is 0.578. The van der Waals surface area contributed by atoms with Crippen LogP contribution < -0.4 is 4.74 Å². The molecule has 1 aromatic rings. The average Bonchev–Trinajstić information content (AvgIpc) is 2.31. The van der Waals surface area contributed by atoms with Gasteiger partial charge in [0.1, 0.15) is 3.70 Å². The summed E-state index contributed by atoms with van der Waals surface area (Å²) in [5.41, 5.74) is 0. The standard InChI is InChI=1S/C7H10INOS/c1-5(2)4-10-7-3-6(8)9-11-7/h3,5H,4H2,1-2H3. The Balaban J connectivity index is 2.39. The fraction of sp³-hybridized carbons (Fsp3) is 0.571. The van der Waals surface area contributed by atoms with Gasteiger partial charge in [0, 0.05) is 17.6 Å². The van der Waals surface area contributed by atoms with Crippen molar-refractivity contribution in [3.63, 3.8) is 0 Å². The first-order chi connectivity index (χ1) is 5.18. The molecule has 62 valence electrons. The molecule has 2 nitrogen and oxygen atoms in total. The van der Waals surface area contributed by atoms with Gasteiger partial charge >= 0.3 is 0 Å². The zero-order valence-electron chi connectivity index (χ0n) is 6.50. The largest absolute Gasteiger partial charge is 0.483 e. The van der Waals surface area contributed by atoms with E-state index in [1.807, 2.05) is 6.07 Å². The minimum absolute atomic E-state index is 0.578. The molecule has 0 aliphatic carbocycles. The molecule has 0 aliphatic rings. The van der Waals surface area contributed by atoms with Crippen LogP contribution in [0.1, 0.15) is 13.8 Å². The third kappa shape index (κ3) is 3.37. The maximum atomic E-state index is 5.44. The van der Waals surface area contributed by atoms with Crippen molar-refractivity contribution in [1.29, 1.82) is 0 Å². The Hall–Kier alpha value is 0.160. The highest BCUT2D eigenvalue weighted by Crippen LogP contribution is 2.20. The molecule has 0 saturated heterocycles. The molecule has 1 aromatic heterocycles. The van der Waals surface area contributed by atoms with Crippen molar-refractivity contribution in [3.8, 4) is 5.06 Å². The first-order valence-corrected chi connectivity index (χ1v) is 5.28. The van der Waals surface area contributed by atoms with Crippen molar-refractivity contribution >= 4 is 34.1 Å². The topological polar surface area (TPSA) is 22.1 Å². The van der Waals surface area contributed by atoms with Crippen molar-refractivity contribution in [2.24, 2.45) is 5.92 Å². The van der Waals surface area contributed by atoms with Crippen molar-refractivity contribution < 1.29 is 4.74 Å². The molecule has 0 radical (unpaired) electrons. The molecule has 0 N–H and O–H groups in total. The Morgan fingerprint density at radius 1 is 1.73 bits per heavy atom. The number of hydrogen-bond donors (Lipinski definition) is 0. The number of ether oxygens (including phenoxy) is 1. The van der Waals surface area contributed by atoms with E-state index < -0.39 is 0 Å². The van der Waals surface area contributed by atoms with E-state index in [1.165, 1.54) is 11.5 Å². The average molecular weight is 283 g/mol. The van der Waals surface area contributed by atoms with E-state index in [9.17, 15) is 0 Å². The molecule has 0 atom stereocenters. The zero-order chi connectivity index (χ0) is 8.27. The quantitative estimate of drug-likeness (QED) is 0.796. The van der Waals surface area contributed by atoms with Crippen LogP contribution in [0, 0.1) is 9.62 Å². The molecule has 11 heavy (non-hydrogen) atoms. The van der Waals surface area contributed by atoms with Crippen molar-refractivity contribution in [3.05, 3.63) is 9.77 Å². The van der Waals surface area contributed by atoms with Crippen LogP contribution in [-0.2, 0) is 0 Å². The van der Waals surface area contributed by atoms with Crippen LogP contribution in [0.3, 0.4) is 0 Å². The van der Waals surface area contributed by atoms with Crippen LogP contribution in [0.15, 0.2) is 6.07 Å². The normalized spacial score (nSPS) is 10.5. The summed E-state index contributed by atoms with van der Waals surface area (Å²) in [5, 5.41) is 0.920. The Bertz CT molecular complexity index is 224. The van der Waals surface area contributed by atoms with Gasteiger partial charge in [0.2, 0.25) is 0 Å². The van der Waals surface area contributed by atoms with Gasteiger partial charge in [-0.25, -0.2) is 0 Å². The summed E-state index contributed by atoms with van der Waals surface area (Å²) in [6.45, 7) is 5.04. The van der Waals surface area contributed by atoms with Gasteiger partial charge in [0.05, 0.1) is 6.61 Å². The SMILES string of the molecule is CC(C)COc1cc(I)ns1. The highest BCUT2D eigenvalue weighted by molar-refractivity contribution is 14.1. The molecule has 0 aromatic carbocycles. The van der Waals surface area contributed by atoms with Gasteiger partial charge in [0.15, 0.2) is 5.06 Å². The summed E-state index contributed by atoms with van der Waals surface area (Å²) in [5.74, 6) is 0.578. The number of halogens is 1. The third-order valence-corrected chi connectivity index (χ3v) is 2.60. The molecule has 1 rings (SSSR count). The highest BCUT2D eigenvalue weighted by atomic mass is 127. The predicted molar refractivity (Wildman–Crippen MR) is 55.2 cm³/mol. The van der Waals surface area contributed by atoms with E-state index in [1.54, 1.807) is 0 Å². The van der Waals surface area contributed by atoms with E-state index in [-0.39, 0.29) is 0 Å². The van der Waals surface area contributed by atoms with Crippen LogP contribution in [0.2, 0.25) is 0 Å². The van der Waals surface area contributed by atoms with E-state index in [0.29, 0.717) is 5.92 Å². The molecule has 0 unspecified atom stereocenters. The first kappa shape index (κ1) is 9.25. The third-order valence-electron chi connectivity index (χ3n) is 1.02. The van der Waals surface area contributed by atoms with Gasteiger partial charge in [-0.3, -0.25) is 0 Å². The second-order valence-electron chi connectivity index (χ2n) is 2.67. The summed E-state index contributed by atoms with van der Waals surface area (Å²) in [7, 11) is 0. The Labute approximate surface area is 84.3 Å². The van der Waals surface area contributed by atoms with Crippen LogP contribution in [0.5, 0.6) is 5.06 Å². The van der Waals surface area contributed by atoms with Crippen molar-refractivity contribution in [2.75, 3.05) is 6.61 Å². The van der Waals surface area contributed by atoms with E-state index in [0.717, 1.165) is 15.4 Å². The molecular weight excluding hydrogens is 273 g/mol. The smallest absolute Gasteiger partial charge is 0.194 e. The summed E-state index contributed by atoms with van der Waals surface area (Å²) in [6.07, 6.45) is 0. The van der Waals surface area contributed by atoms with Crippen LogP contribution >= 0.6 is 34.1 Å². The lowest BCUT2D eigenvalue weighted by Gasteiger charge is -2.03. The summed E-state index contributed by atoms with van der Waals surface area (Å²) in [6, 6.07) is 1.95. The number of hydrogen-bond acceptors (Lipinski definition) is 3. The lowest BCUT2D eigenvalue weighted by molar-refractivity contribution is 0.278. The van der Waals surface area contributed by atoms with Crippen molar-refractivity contribution in [2.45, 2.75) is 13.8 Å². The van der Waals surface area contributed by atoms with Gasteiger partial charge in [-0.1, -0.05) is 13.8 Å². The summed E-state index contributed by atoms with van der Waals surface area (Å²) in [4.78, 5) is 0. The van der Waals surface area contributed by atoms with Crippen molar-refractivity contribution in [1.82, 2.24) is 4.37 Å². The monoisotopic (exact) mass is 283 g/mol. The molecular formula is C7H10INOS. The van der Waals surface area contributed by atoms with Gasteiger partial charge in [-0.15, -0.1) is 0 Å². The molecule has 1 heterocycles. The summed E-state index contributed by atoms with van der Waals surface area (Å²) >= 11 is 3.59. The number of rotatable bonds is 3. The first-order valence-electron chi connectivity index (χ1n) is 3.43. The molecule has 4 heteroatoms. The van der Waals surface area contributed by atoms with Crippen LogP contribution in [0.4, 0.5) is 0 Å². The fourth-order valence-electron chi connectivity index (χ4n) is 0.555. The second kappa shape index (κ2) is 4.25. The lowest BCUT2D eigenvalue weighted by atomic mass is 10.2. The zero-order valence-corrected chi connectivity index (χ0v) is 9.48. The van der Waals surface area contributed by atoms with Crippen LogP contribution in [-0.4, -0.2) is 11.0 Å².